The van der Waals surface area contributed by atoms with Gasteiger partial charge in [0.25, 0.3) is 0 Å². The third kappa shape index (κ3) is 5.86. The minimum Gasteiger partial charge on any atom is -0.348 e. The average molecular weight is 429 g/mol. The van der Waals surface area contributed by atoms with Crippen LogP contribution in [0.2, 0.25) is 10.0 Å². The first-order chi connectivity index (χ1) is 12.6. The lowest BCUT2D eigenvalue weighted by atomic mass is 10.1. The second-order valence-electron chi connectivity index (χ2n) is 6.25. The summed E-state index contributed by atoms with van der Waals surface area (Å²) in [6.07, 6.45) is 1.95. The van der Waals surface area contributed by atoms with Crippen molar-refractivity contribution in [3.8, 4) is 0 Å². The molecule has 0 saturated heterocycles. The second kappa shape index (κ2) is 8.95. The van der Waals surface area contributed by atoms with Crippen LogP contribution < -0.4 is 9.62 Å². The molecule has 2 aromatic carbocycles. The summed E-state index contributed by atoms with van der Waals surface area (Å²) in [7, 11) is -3.73. The van der Waals surface area contributed by atoms with Gasteiger partial charge in [0.05, 0.1) is 23.0 Å². The van der Waals surface area contributed by atoms with Crippen molar-refractivity contribution in [3.63, 3.8) is 0 Å². The number of halogens is 2. The summed E-state index contributed by atoms with van der Waals surface area (Å²) in [6, 6.07) is 12.1. The summed E-state index contributed by atoms with van der Waals surface area (Å²) < 4.78 is 25.4. The first-order valence-electron chi connectivity index (χ1n) is 8.42. The highest BCUT2D eigenvalue weighted by molar-refractivity contribution is 7.92. The molecule has 0 aromatic heterocycles. The van der Waals surface area contributed by atoms with E-state index in [9.17, 15) is 13.2 Å². The van der Waals surface area contributed by atoms with Gasteiger partial charge in [-0.15, -0.1) is 0 Å². The van der Waals surface area contributed by atoms with Gasteiger partial charge in [0.1, 0.15) is 6.54 Å². The maximum Gasteiger partial charge on any atom is 0.241 e. The van der Waals surface area contributed by atoms with Gasteiger partial charge in [-0.25, -0.2) is 8.42 Å². The molecule has 0 bridgehead atoms. The largest absolute Gasteiger partial charge is 0.348 e. The van der Waals surface area contributed by atoms with Gasteiger partial charge in [0.15, 0.2) is 0 Å². The van der Waals surface area contributed by atoms with Gasteiger partial charge >= 0.3 is 0 Å². The van der Waals surface area contributed by atoms with Gasteiger partial charge in [-0.1, -0.05) is 54.4 Å². The van der Waals surface area contributed by atoms with E-state index in [1.165, 1.54) is 17.7 Å². The Kier molecular flexibility index (Phi) is 7.14. The molecule has 2 aromatic rings. The summed E-state index contributed by atoms with van der Waals surface area (Å²) in [5.74, 6) is -0.441. The first kappa shape index (κ1) is 21.5. The van der Waals surface area contributed by atoms with Gasteiger partial charge in [0.2, 0.25) is 15.9 Å². The molecule has 1 N–H and O–H groups in total. The van der Waals surface area contributed by atoms with Crippen LogP contribution in [0, 0.1) is 0 Å². The molecule has 0 radical (unpaired) electrons. The first-order valence-corrected chi connectivity index (χ1v) is 11.0. The van der Waals surface area contributed by atoms with Gasteiger partial charge in [-0.3, -0.25) is 9.10 Å². The molecule has 1 amide bonds. The molecule has 0 spiro atoms. The van der Waals surface area contributed by atoms with Crippen molar-refractivity contribution in [2.75, 3.05) is 17.1 Å². The Morgan fingerprint density at radius 1 is 1.15 bits per heavy atom. The molecule has 0 aliphatic heterocycles. The van der Waals surface area contributed by atoms with E-state index in [2.05, 4.69) is 12.2 Å². The smallest absolute Gasteiger partial charge is 0.241 e. The van der Waals surface area contributed by atoms with E-state index in [-0.39, 0.29) is 16.8 Å². The zero-order valence-corrected chi connectivity index (χ0v) is 17.7. The number of carbonyl (C=O) groups is 1. The third-order valence-electron chi connectivity index (χ3n) is 4.13. The van der Waals surface area contributed by atoms with E-state index in [1.54, 1.807) is 6.07 Å². The number of sulfonamides is 1. The number of benzene rings is 2. The molecular weight excluding hydrogens is 407 g/mol. The van der Waals surface area contributed by atoms with Crippen LogP contribution in [0.3, 0.4) is 0 Å². The van der Waals surface area contributed by atoms with Gasteiger partial charge in [-0.2, -0.15) is 0 Å². The summed E-state index contributed by atoms with van der Waals surface area (Å²) >= 11 is 12.1. The lowest BCUT2D eigenvalue weighted by Gasteiger charge is -2.24. The van der Waals surface area contributed by atoms with Gasteiger partial charge in [0, 0.05) is 5.02 Å². The van der Waals surface area contributed by atoms with Gasteiger partial charge < -0.3 is 5.32 Å². The van der Waals surface area contributed by atoms with Crippen molar-refractivity contribution < 1.29 is 13.2 Å². The fourth-order valence-electron chi connectivity index (χ4n) is 2.60. The summed E-state index contributed by atoms with van der Waals surface area (Å²) in [5, 5.41) is 3.34. The number of carbonyl (C=O) groups excluding carboxylic acids is 1. The molecule has 27 heavy (non-hydrogen) atoms. The maximum absolute atomic E-state index is 12.5. The number of hydrogen-bond donors (Lipinski definition) is 1. The monoisotopic (exact) mass is 428 g/mol. The van der Waals surface area contributed by atoms with E-state index in [0.717, 1.165) is 22.5 Å². The molecule has 5 nitrogen and oxygen atoms in total. The molecule has 1 atom stereocenters. The van der Waals surface area contributed by atoms with Crippen LogP contribution in [-0.4, -0.2) is 27.1 Å². The Labute approximate surface area is 170 Å². The predicted octanol–water partition coefficient (Wildman–Crippen LogP) is 4.20. The van der Waals surface area contributed by atoms with E-state index < -0.39 is 22.5 Å². The SMILES string of the molecule is CCc1ccc([C@@H](C)NC(=O)CN(c2cc(Cl)ccc2Cl)S(C)(=O)=O)cc1. The predicted molar refractivity (Wildman–Crippen MR) is 111 cm³/mol. The molecule has 0 aliphatic rings. The Morgan fingerprint density at radius 3 is 2.33 bits per heavy atom. The van der Waals surface area contributed by atoms with Crippen LogP contribution in [-0.2, 0) is 21.2 Å². The van der Waals surface area contributed by atoms with Crippen LogP contribution in [0.1, 0.15) is 31.0 Å². The quantitative estimate of drug-likeness (QED) is 0.718. The fraction of sp³-hybridized carbons (Fsp3) is 0.316. The highest BCUT2D eigenvalue weighted by Gasteiger charge is 2.24. The van der Waals surface area contributed by atoms with Crippen LogP contribution in [0.15, 0.2) is 42.5 Å². The van der Waals surface area contributed by atoms with Gasteiger partial charge in [-0.05, 0) is 42.7 Å². The van der Waals surface area contributed by atoms with Crippen LogP contribution in [0.25, 0.3) is 0 Å². The number of amides is 1. The Balaban J connectivity index is 2.17. The number of aryl methyl sites for hydroxylation is 1. The summed E-state index contributed by atoms with van der Waals surface area (Å²) in [4.78, 5) is 12.5. The highest BCUT2D eigenvalue weighted by Crippen LogP contribution is 2.30. The van der Waals surface area contributed by atoms with Crippen LogP contribution in [0.4, 0.5) is 5.69 Å². The van der Waals surface area contributed by atoms with Crippen LogP contribution in [0.5, 0.6) is 0 Å². The molecule has 0 heterocycles. The van der Waals surface area contributed by atoms with Crippen molar-refractivity contribution >= 4 is 44.8 Å². The topological polar surface area (TPSA) is 66.5 Å². The van der Waals surface area contributed by atoms with E-state index in [4.69, 9.17) is 23.2 Å². The minimum atomic E-state index is -3.73. The van der Waals surface area contributed by atoms with E-state index in [0.29, 0.717) is 5.02 Å². The third-order valence-corrected chi connectivity index (χ3v) is 5.81. The fourth-order valence-corrected chi connectivity index (χ4v) is 3.90. The van der Waals surface area contributed by atoms with Crippen molar-refractivity contribution in [3.05, 3.63) is 63.6 Å². The van der Waals surface area contributed by atoms with Crippen LogP contribution >= 0.6 is 23.2 Å². The second-order valence-corrected chi connectivity index (χ2v) is 9.00. The van der Waals surface area contributed by atoms with Crippen molar-refractivity contribution in [1.82, 2.24) is 5.32 Å². The lowest BCUT2D eigenvalue weighted by molar-refractivity contribution is -0.120. The Bertz CT molecular complexity index is 915. The molecule has 0 saturated carbocycles. The minimum absolute atomic E-state index is 0.168. The molecule has 146 valence electrons. The number of nitrogens with one attached hydrogen (secondary N) is 1. The van der Waals surface area contributed by atoms with Crippen molar-refractivity contribution in [2.45, 2.75) is 26.3 Å². The standard InChI is InChI=1S/C19H22Cl2N2O3S/c1-4-14-5-7-15(8-6-14)13(2)22-19(24)12-23(27(3,25)26)18-11-16(20)9-10-17(18)21/h5-11,13H,4,12H2,1-3H3,(H,22,24)/t13-/m1/s1. The number of nitrogens with zero attached hydrogens (tertiary/aromatic N) is 1. The Hall–Kier alpha value is -1.76. The zero-order valence-electron chi connectivity index (χ0n) is 15.4. The lowest BCUT2D eigenvalue weighted by Crippen LogP contribution is -2.41. The molecule has 0 fully saturated rings. The average Bonchev–Trinajstić information content (AvgIpc) is 2.61. The van der Waals surface area contributed by atoms with E-state index >= 15 is 0 Å². The Morgan fingerprint density at radius 2 is 1.78 bits per heavy atom. The zero-order chi connectivity index (χ0) is 20.2. The van der Waals surface area contributed by atoms with E-state index in [1.807, 2.05) is 31.2 Å². The molecule has 8 heteroatoms. The highest BCUT2D eigenvalue weighted by atomic mass is 35.5. The number of hydrogen-bond acceptors (Lipinski definition) is 3. The molecule has 2 rings (SSSR count). The summed E-state index contributed by atoms with van der Waals surface area (Å²) in [5.41, 5.74) is 2.31. The summed E-state index contributed by atoms with van der Waals surface area (Å²) in [6.45, 7) is 3.52. The number of rotatable bonds is 7. The molecule has 0 aliphatic carbocycles. The van der Waals surface area contributed by atoms with Crippen molar-refractivity contribution in [2.24, 2.45) is 0 Å². The normalized spacial score (nSPS) is 12.5. The van der Waals surface area contributed by atoms with Crippen molar-refractivity contribution in [1.29, 1.82) is 0 Å². The molecule has 0 unspecified atom stereocenters. The maximum atomic E-state index is 12.5. The number of anilines is 1. The molecular formula is C19H22Cl2N2O3S.